The predicted molar refractivity (Wildman–Crippen MR) is 214 cm³/mol. The highest BCUT2D eigenvalue weighted by Crippen LogP contribution is 2.53. The van der Waals surface area contributed by atoms with Crippen LogP contribution in [-0.2, 0) is 29.1 Å². The number of ether oxygens (including phenoxy) is 3. The standard InChI is InChI=1S/C42H53F4N5O9S/c1-23(2)32-33-31(26-18-25(58-6)14-15-28(26)47-32)27(43)20-40(59-33)21-30-34(52)49-41(36(54)50-61(56,57)39(5)16-17-39)19-24(41)12-10-8-7-9-11-13-29(35(53)51(30)22-40)48-37(55)60-38(3,4)42(44,45)46/h10,12,14-15,18,23-24,27,29-30H,7-9,11,13,16-17,19-22H2,1-6H3,(H,48,55)(H,49,52)(H,50,54). The summed E-state index contributed by atoms with van der Waals surface area (Å²) in [4.78, 5) is 62.5. The number of methoxy groups -OCH3 is 1. The molecule has 61 heavy (non-hydrogen) atoms. The molecule has 3 fully saturated rings. The van der Waals surface area contributed by atoms with E-state index in [9.17, 15) is 40.8 Å². The van der Waals surface area contributed by atoms with Gasteiger partial charge < -0.3 is 29.7 Å². The lowest BCUT2D eigenvalue weighted by molar-refractivity contribution is -0.244. The molecule has 19 heteroatoms. The Balaban J connectivity index is 1.28. The van der Waals surface area contributed by atoms with Crippen molar-refractivity contribution in [3.05, 3.63) is 41.6 Å². The fourth-order valence-corrected chi connectivity index (χ4v) is 9.87. The lowest BCUT2D eigenvalue weighted by Crippen LogP contribution is -2.59. The van der Waals surface area contributed by atoms with E-state index < -0.39 is 92.2 Å². The Labute approximate surface area is 351 Å². The van der Waals surface area contributed by atoms with Crippen LogP contribution in [0.5, 0.6) is 11.5 Å². The van der Waals surface area contributed by atoms with Gasteiger partial charge in [0.1, 0.15) is 40.9 Å². The number of halogens is 4. The van der Waals surface area contributed by atoms with Crippen LogP contribution in [-0.4, -0.2) is 95.5 Å². The van der Waals surface area contributed by atoms with Crippen LogP contribution in [0, 0.1) is 5.92 Å². The first-order valence-electron chi connectivity index (χ1n) is 20.7. The van der Waals surface area contributed by atoms with Crippen LogP contribution in [0.25, 0.3) is 10.9 Å². The molecule has 3 aliphatic heterocycles. The van der Waals surface area contributed by atoms with Gasteiger partial charge in [0.2, 0.25) is 27.4 Å². The summed E-state index contributed by atoms with van der Waals surface area (Å²) in [6, 6.07) is 2.11. The van der Waals surface area contributed by atoms with E-state index in [-0.39, 0.29) is 42.9 Å². The second-order valence-electron chi connectivity index (χ2n) is 18.2. The molecule has 1 aromatic heterocycles. The first-order chi connectivity index (χ1) is 28.5. The number of carbonyl (C=O) groups is 4. The fraction of sp³-hybridized carbons (Fsp3) is 0.643. The Morgan fingerprint density at radius 1 is 1.08 bits per heavy atom. The predicted octanol–water partition coefficient (Wildman–Crippen LogP) is 6.33. The highest BCUT2D eigenvalue weighted by atomic mass is 32.2. The van der Waals surface area contributed by atoms with E-state index in [1.807, 2.05) is 19.9 Å². The third kappa shape index (κ3) is 8.34. The molecule has 1 aromatic carbocycles. The average Bonchev–Trinajstić information content (AvgIpc) is 4.06. The summed E-state index contributed by atoms with van der Waals surface area (Å²) in [6.45, 7) is 6.17. The summed E-state index contributed by atoms with van der Waals surface area (Å²) in [5.74, 6) is -2.94. The molecule has 14 nitrogen and oxygen atoms in total. The van der Waals surface area contributed by atoms with Crippen LogP contribution in [0.4, 0.5) is 22.4 Å². The molecule has 6 unspecified atom stereocenters. The molecule has 3 N–H and O–H groups in total. The minimum atomic E-state index is -4.94. The number of alkyl halides is 4. The number of rotatable bonds is 7. The van der Waals surface area contributed by atoms with E-state index in [1.54, 1.807) is 24.3 Å². The van der Waals surface area contributed by atoms with E-state index in [2.05, 4.69) is 15.4 Å². The molecular formula is C42H53F4N5O9S. The number of allylic oxidation sites excluding steroid dienone is 1. The van der Waals surface area contributed by atoms with Crippen LogP contribution >= 0.6 is 0 Å². The summed E-state index contributed by atoms with van der Waals surface area (Å²) in [5.41, 5.74) is -5.04. The van der Waals surface area contributed by atoms with Gasteiger partial charge >= 0.3 is 12.3 Å². The Morgan fingerprint density at radius 2 is 1.80 bits per heavy atom. The van der Waals surface area contributed by atoms with Gasteiger partial charge in [0.15, 0.2) is 0 Å². The van der Waals surface area contributed by atoms with Crippen molar-refractivity contribution in [1.29, 1.82) is 0 Å². The van der Waals surface area contributed by atoms with Crippen molar-refractivity contribution in [1.82, 2.24) is 25.2 Å². The maximum absolute atomic E-state index is 17.0. The first kappa shape index (κ1) is 44.4. The van der Waals surface area contributed by atoms with E-state index >= 15 is 4.39 Å². The first-order valence-corrected chi connectivity index (χ1v) is 22.2. The van der Waals surface area contributed by atoms with Crippen molar-refractivity contribution in [2.75, 3.05) is 13.7 Å². The second kappa shape index (κ2) is 15.6. The summed E-state index contributed by atoms with van der Waals surface area (Å²) >= 11 is 0. The molecule has 0 bridgehead atoms. The van der Waals surface area contributed by atoms with Crippen LogP contribution in [0.1, 0.15) is 122 Å². The zero-order valence-electron chi connectivity index (χ0n) is 35.0. The average molecular weight is 880 g/mol. The molecule has 7 rings (SSSR count). The van der Waals surface area contributed by atoms with E-state index in [0.29, 0.717) is 74.7 Å². The molecule has 4 amide bonds. The summed E-state index contributed by atoms with van der Waals surface area (Å²) < 4.78 is 103. The normalized spacial score (nSPS) is 29.0. The van der Waals surface area contributed by atoms with Gasteiger partial charge in [0, 0.05) is 29.7 Å². The lowest BCUT2D eigenvalue weighted by Gasteiger charge is -2.39. The molecule has 2 aliphatic carbocycles. The Kier molecular flexibility index (Phi) is 11.3. The molecular weight excluding hydrogens is 827 g/mol. The number of fused-ring (bicyclic) bond motifs is 5. The smallest absolute Gasteiger partial charge is 0.427 e. The molecule has 1 spiro atoms. The molecule has 0 radical (unpaired) electrons. The quantitative estimate of drug-likeness (QED) is 0.210. The lowest BCUT2D eigenvalue weighted by atomic mass is 9.85. The van der Waals surface area contributed by atoms with Gasteiger partial charge in [-0.15, -0.1) is 0 Å². The molecule has 334 valence electrons. The molecule has 2 saturated carbocycles. The van der Waals surface area contributed by atoms with Gasteiger partial charge in [-0.1, -0.05) is 38.8 Å². The minimum absolute atomic E-state index is 0.0435. The van der Waals surface area contributed by atoms with Crippen molar-refractivity contribution in [3.8, 4) is 11.5 Å². The zero-order valence-corrected chi connectivity index (χ0v) is 35.9. The summed E-state index contributed by atoms with van der Waals surface area (Å²) in [5, 5.41) is 5.53. The zero-order chi connectivity index (χ0) is 44.5. The number of sulfonamides is 1. The number of amides is 4. The number of alkyl carbamates (subject to hydrolysis) is 1. The number of pyridine rings is 1. The van der Waals surface area contributed by atoms with Gasteiger partial charge in [0.05, 0.1) is 29.6 Å². The highest BCUT2D eigenvalue weighted by Gasteiger charge is 2.64. The van der Waals surface area contributed by atoms with E-state index in [1.165, 1.54) is 14.0 Å². The molecule has 1 saturated heterocycles. The highest BCUT2D eigenvalue weighted by molar-refractivity contribution is 7.91. The Morgan fingerprint density at radius 3 is 2.46 bits per heavy atom. The molecule has 2 aromatic rings. The van der Waals surface area contributed by atoms with Gasteiger partial charge in [-0.25, -0.2) is 22.6 Å². The number of aromatic nitrogens is 1. The van der Waals surface area contributed by atoms with Crippen molar-refractivity contribution in [2.24, 2.45) is 5.92 Å². The van der Waals surface area contributed by atoms with Crippen LogP contribution < -0.4 is 24.8 Å². The van der Waals surface area contributed by atoms with Gasteiger partial charge in [0.25, 0.3) is 5.91 Å². The van der Waals surface area contributed by atoms with Crippen molar-refractivity contribution in [3.63, 3.8) is 0 Å². The topological polar surface area (TPSA) is 182 Å². The number of nitrogens with zero attached hydrogens (tertiary/aromatic N) is 2. The van der Waals surface area contributed by atoms with E-state index in [0.717, 1.165) is 4.90 Å². The third-order valence-electron chi connectivity index (χ3n) is 12.9. The number of benzene rings is 1. The monoisotopic (exact) mass is 879 g/mol. The number of hydrogen-bond acceptors (Lipinski definition) is 10. The maximum atomic E-state index is 17.0. The Bertz CT molecular complexity index is 2270. The molecule has 6 atom stereocenters. The van der Waals surface area contributed by atoms with Gasteiger partial charge in [-0.2, -0.15) is 13.2 Å². The van der Waals surface area contributed by atoms with Gasteiger partial charge in [-0.05, 0) is 83.4 Å². The number of hydrogen-bond donors (Lipinski definition) is 3. The number of carbonyl (C=O) groups excluding carboxylic acids is 4. The molecule has 5 aliphatic rings. The molecule has 4 heterocycles. The fourth-order valence-electron chi connectivity index (χ4n) is 8.56. The SMILES string of the molecule is COc1ccc2nc(C(C)C)c3c(c2c1)C(F)CC1(CC2C(=O)NC4(C(=O)NS(=O)(=O)C5(C)CC5)CC4C=CCCCCCC(NC(=O)OC(C)(C)C(F)(F)F)C(=O)N2C1)O3. The van der Waals surface area contributed by atoms with Crippen LogP contribution in [0.2, 0.25) is 0 Å². The van der Waals surface area contributed by atoms with Crippen LogP contribution in [0.3, 0.4) is 0 Å². The van der Waals surface area contributed by atoms with E-state index in [4.69, 9.17) is 19.2 Å². The Hall–Kier alpha value is -4.68. The summed E-state index contributed by atoms with van der Waals surface area (Å²) in [7, 11) is -2.65. The number of nitrogens with one attached hydrogen (secondary N) is 3. The van der Waals surface area contributed by atoms with Crippen molar-refractivity contribution < 1.29 is 59.4 Å². The van der Waals surface area contributed by atoms with Crippen molar-refractivity contribution >= 4 is 44.7 Å². The van der Waals surface area contributed by atoms with Crippen molar-refractivity contribution in [2.45, 2.75) is 151 Å². The van der Waals surface area contributed by atoms with Gasteiger partial charge in [-0.3, -0.25) is 19.1 Å². The maximum Gasteiger partial charge on any atom is 0.427 e. The van der Waals surface area contributed by atoms with Crippen LogP contribution in [0.15, 0.2) is 30.4 Å². The third-order valence-corrected chi connectivity index (χ3v) is 15.0. The minimum Gasteiger partial charge on any atom is -0.497 e. The summed E-state index contributed by atoms with van der Waals surface area (Å²) in [6.07, 6.45) is -2.50. The second-order valence-corrected chi connectivity index (χ2v) is 20.4. The largest absolute Gasteiger partial charge is 0.497 e.